The lowest BCUT2D eigenvalue weighted by atomic mass is 9.74. The van der Waals surface area contributed by atoms with Crippen molar-refractivity contribution < 1.29 is 9.59 Å². The number of fused-ring (bicyclic) bond motifs is 2. The van der Waals surface area contributed by atoms with Gasteiger partial charge >= 0.3 is 0 Å². The molecule has 2 atom stereocenters. The number of thiazole rings is 1. The van der Waals surface area contributed by atoms with E-state index in [2.05, 4.69) is 27.2 Å². The third kappa shape index (κ3) is 3.85. The lowest BCUT2D eigenvalue weighted by molar-refractivity contribution is 0.0755. The molecular formula is C23H26ClN5O2S. The number of likely N-dealkylation sites (N-methyl/N-ethyl adjacent to an activating group) is 1. The van der Waals surface area contributed by atoms with Crippen LogP contribution in [0.3, 0.4) is 0 Å². The average Bonchev–Trinajstić information content (AvgIpc) is 3.38. The van der Waals surface area contributed by atoms with Crippen LogP contribution in [-0.4, -0.2) is 51.7 Å². The minimum Gasteiger partial charge on any atom is -0.352 e. The Hall–Kier alpha value is -2.26. The van der Waals surface area contributed by atoms with Gasteiger partial charge in [0.15, 0.2) is 5.01 Å². The normalized spacial score (nSPS) is 23.8. The predicted octanol–water partition coefficient (Wildman–Crippen LogP) is 3.52. The summed E-state index contributed by atoms with van der Waals surface area (Å²) in [7, 11) is 2.07. The van der Waals surface area contributed by atoms with Crippen molar-refractivity contribution in [1.82, 2.24) is 20.2 Å². The van der Waals surface area contributed by atoms with E-state index in [-0.39, 0.29) is 11.7 Å². The van der Waals surface area contributed by atoms with Crippen molar-refractivity contribution >= 4 is 45.5 Å². The zero-order chi connectivity index (χ0) is 22.5. The van der Waals surface area contributed by atoms with E-state index < -0.39 is 11.6 Å². The van der Waals surface area contributed by atoms with E-state index in [0.29, 0.717) is 28.6 Å². The largest absolute Gasteiger partial charge is 0.352 e. The van der Waals surface area contributed by atoms with Crippen LogP contribution in [0.25, 0.3) is 10.9 Å². The molecule has 168 valence electrons. The Morgan fingerprint density at radius 3 is 3.03 bits per heavy atom. The van der Waals surface area contributed by atoms with Gasteiger partial charge in [-0.15, -0.1) is 11.3 Å². The molecule has 32 heavy (non-hydrogen) atoms. The zero-order valence-corrected chi connectivity index (χ0v) is 19.5. The number of H-pyrrole nitrogens is 1. The van der Waals surface area contributed by atoms with Crippen LogP contribution >= 0.6 is 22.9 Å². The van der Waals surface area contributed by atoms with Crippen LogP contribution < -0.4 is 11.1 Å². The SMILES string of the molecule is CN1CCc2nc(C(=O)NC3CCCCC3(N)C(=O)c3cc4cc(Cl)ccc4[nH]3)sc2C1. The Bertz CT molecular complexity index is 1200. The number of nitrogens with zero attached hydrogens (tertiary/aromatic N) is 2. The van der Waals surface area contributed by atoms with Crippen molar-refractivity contribution in [2.24, 2.45) is 5.73 Å². The molecule has 0 radical (unpaired) electrons. The quantitative estimate of drug-likeness (QED) is 0.505. The summed E-state index contributed by atoms with van der Waals surface area (Å²) in [6, 6.07) is 6.78. The molecule has 1 aliphatic carbocycles. The van der Waals surface area contributed by atoms with Gasteiger partial charge in [0.25, 0.3) is 5.91 Å². The van der Waals surface area contributed by atoms with E-state index in [9.17, 15) is 9.59 Å². The number of benzene rings is 1. The number of halogens is 1. The van der Waals surface area contributed by atoms with Crippen molar-refractivity contribution in [3.05, 3.63) is 50.6 Å². The van der Waals surface area contributed by atoms with Gasteiger partial charge in [-0.25, -0.2) is 4.98 Å². The monoisotopic (exact) mass is 471 g/mol. The fraction of sp³-hybridized carbons (Fsp3) is 0.435. The molecule has 0 spiro atoms. The van der Waals surface area contributed by atoms with Gasteiger partial charge in [0.2, 0.25) is 5.78 Å². The molecule has 3 heterocycles. The second-order valence-corrected chi connectivity index (χ2v) is 10.5. The summed E-state index contributed by atoms with van der Waals surface area (Å²) in [5.74, 6) is -0.431. The first kappa shape index (κ1) is 21.6. The molecule has 5 rings (SSSR count). The lowest BCUT2D eigenvalue weighted by Gasteiger charge is -2.39. The Kier molecular flexibility index (Phi) is 5.57. The van der Waals surface area contributed by atoms with Crippen molar-refractivity contribution in [1.29, 1.82) is 0 Å². The topological polar surface area (TPSA) is 104 Å². The Morgan fingerprint density at radius 2 is 2.19 bits per heavy atom. The number of amides is 1. The van der Waals surface area contributed by atoms with Gasteiger partial charge in [0.1, 0.15) is 5.54 Å². The highest BCUT2D eigenvalue weighted by Gasteiger charge is 2.45. The number of rotatable bonds is 4. The van der Waals surface area contributed by atoms with Crippen molar-refractivity contribution in [3.8, 4) is 0 Å². The highest BCUT2D eigenvalue weighted by molar-refractivity contribution is 7.13. The molecule has 1 aliphatic heterocycles. The molecule has 1 aromatic carbocycles. The number of carbonyl (C=O) groups is 2. The third-order valence-electron chi connectivity index (χ3n) is 6.63. The maximum Gasteiger partial charge on any atom is 0.280 e. The number of aromatic nitrogens is 2. The van der Waals surface area contributed by atoms with Crippen LogP contribution in [0.5, 0.6) is 0 Å². The first-order chi connectivity index (χ1) is 15.3. The number of Topliss-reactive ketones (excluding diaryl/α,β-unsaturated/α-hetero) is 1. The molecule has 2 aromatic heterocycles. The number of carbonyl (C=O) groups excluding carboxylic acids is 2. The molecule has 2 unspecified atom stereocenters. The van der Waals surface area contributed by atoms with Crippen LogP contribution in [-0.2, 0) is 13.0 Å². The van der Waals surface area contributed by atoms with Gasteiger partial charge in [0, 0.05) is 40.3 Å². The van der Waals surface area contributed by atoms with E-state index >= 15 is 0 Å². The molecule has 3 aromatic rings. The molecular weight excluding hydrogens is 446 g/mol. The minimum absolute atomic E-state index is 0.185. The van der Waals surface area contributed by atoms with E-state index in [1.54, 1.807) is 12.1 Å². The Morgan fingerprint density at radius 1 is 1.34 bits per heavy atom. The van der Waals surface area contributed by atoms with Gasteiger partial charge in [-0.1, -0.05) is 24.4 Å². The van der Waals surface area contributed by atoms with Crippen molar-refractivity contribution in [3.63, 3.8) is 0 Å². The maximum atomic E-state index is 13.5. The standard InChI is InChI=1S/C23H26ClN5O2S/c1-29-9-7-16-18(12-29)32-22(27-16)21(31)28-19-4-2-3-8-23(19,25)20(30)17-11-13-10-14(24)5-6-15(13)26-17/h5-6,10-11,19,26H,2-4,7-9,12,25H2,1H3,(H,28,31). The van der Waals surface area contributed by atoms with E-state index in [4.69, 9.17) is 17.3 Å². The van der Waals surface area contributed by atoms with Crippen molar-refractivity contribution in [2.45, 2.75) is 50.2 Å². The number of nitrogens with one attached hydrogen (secondary N) is 2. The van der Waals surface area contributed by atoms with Crippen LogP contribution in [0.1, 0.15) is 56.5 Å². The average molecular weight is 472 g/mol. The van der Waals surface area contributed by atoms with Gasteiger partial charge < -0.3 is 20.9 Å². The second kappa shape index (κ2) is 8.26. The molecule has 7 nitrogen and oxygen atoms in total. The fourth-order valence-electron chi connectivity index (χ4n) is 4.79. The molecule has 1 saturated carbocycles. The van der Waals surface area contributed by atoms with Crippen LogP contribution in [0.4, 0.5) is 0 Å². The summed E-state index contributed by atoms with van der Waals surface area (Å²) >= 11 is 7.53. The van der Waals surface area contributed by atoms with Gasteiger partial charge in [-0.05, 0) is 44.2 Å². The maximum absolute atomic E-state index is 13.5. The number of ketones is 1. The molecule has 1 amide bonds. The third-order valence-corrected chi connectivity index (χ3v) is 7.94. The zero-order valence-electron chi connectivity index (χ0n) is 17.9. The van der Waals surface area contributed by atoms with E-state index in [1.165, 1.54) is 11.3 Å². The van der Waals surface area contributed by atoms with Crippen LogP contribution in [0, 0.1) is 0 Å². The summed E-state index contributed by atoms with van der Waals surface area (Å²) in [5.41, 5.74) is 7.85. The smallest absolute Gasteiger partial charge is 0.280 e. The summed E-state index contributed by atoms with van der Waals surface area (Å²) in [4.78, 5) is 37.7. The number of nitrogens with two attached hydrogens (primary N) is 1. The second-order valence-electron chi connectivity index (χ2n) is 8.93. The number of hydrogen-bond donors (Lipinski definition) is 3. The predicted molar refractivity (Wildman–Crippen MR) is 126 cm³/mol. The Balaban J connectivity index is 1.39. The summed E-state index contributed by atoms with van der Waals surface area (Å²) in [6.45, 7) is 1.75. The highest BCUT2D eigenvalue weighted by Crippen LogP contribution is 2.32. The van der Waals surface area contributed by atoms with Crippen molar-refractivity contribution in [2.75, 3.05) is 13.6 Å². The molecule has 2 aliphatic rings. The molecule has 0 saturated heterocycles. The Labute approximate surface area is 195 Å². The fourth-order valence-corrected chi connectivity index (χ4v) is 6.06. The van der Waals surface area contributed by atoms with Gasteiger partial charge in [0.05, 0.1) is 17.4 Å². The summed E-state index contributed by atoms with van der Waals surface area (Å²) in [5, 5.41) is 4.97. The van der Waals surface area contributed by atoms with Crippen LogP contribution in [0.2, 0.25) is 5.02 Å². The number of aromatic amines is 1. The first-order valence-corrected chi connectivity index (χ1v) is 12.1. The van der Waals surface area contributed by atoms with Gasteiger partial charge in [-0.2, -0.15) is 0 Å². The number of hydrogen-bond acceptors (Lipinski definition) is 6. The minimum atomic E-state index is -1.17. The van der Waals surface area contributed by atoms with E-state index in [0.717, 1.165) is 53.8 Å². The van der Waals surface area contributed by atoms with Gasteiger partial charge in [-0.3, -0.25) is 9.59 Å². The summed E-state index contributed by atoms with van der Waals surface area (Å²) in [6.07, 6.45) is 3.79. The van der Waals surface area contributed by atoms with Crippen LogP contribution in [0.15, 0.2) is 24.3 Å². The molecule has 9 heteroatoms. The van der Waals surface area contributed by atoms with E-state index in [1.807, 2.05) is 12.1 Å². The highest BCUT2D eigenvalue weighted by atomic mass is 35.5. The molecule has 1 fully saturated rings. The molecule has 0 bridgehead atoms. The summed E-state index contributed by atoms with van der Waals surface area (Å²) < 4.78 is 0. The lowest BCUT2D eigenvalue weighted by Crippen LogP contribution is -2.64. The first-order valence-electron chi connectivity index (χ1n) is 10.9. The molecule has 4 N–H and O–H groups in total.